The Morgan fingerprint density at radius 2 is 1.75 bits per heavy atom. The first-order valence-electron chi connectivity index (χ1n) is 4.87. The quantitative estimate of drug-likeness (QED) is 0.722. The largest absolute Gasteiger partial charge is 0.454 e. The van der Waals surface area contributed by atoms with Crippen LogP contribution in [0.3, 0.4) is 0 Å². The maximum absolute atomic E-state index is 5.32. The van der Waals surface area contributed by atoms with Gasteiger partial charge in [0.15, 0.2) is 17.3 Å². The van der Waals surface area contributed by atoms with Gasteiger partial charge in [-0.3, -0.25) is 0 Å². The zero-order valence-corrected chi connectivity index (χ0v) is 8.67. The fourth-order valence-electron chi connectivity index (χ4n) is 1.66. The summed E-state index contributed by atoms with van der Waals surface area (Å²) >= 11 is 0. The summed E-state index contributed by atoms with van der Waals surface area (Å²) in [5.41, 5.74) is 1.99. The second kappa shape index (κ2) is 3.44. The van der Waals surface area contributed by atoms with Crippen molar-refractivity contribution in [3.05, 3.63) is 30.4 Å². The van der Waals surface area contributed by atoms with E-state index < -0.39 is 0 Å². The number of benzene rings is 1. The summed E-state index contributed by atoms with van der Waals surface area (Å²) in [6.07, 6.45) is 2.96. The van der Waals surface area contributed by atoms with Crippen LogP contribution in [-0.4, -0.2) is 21.7 Å². The predicted octanol–water partition coefficient (Wildman–Crippen LogP) is 1.58. The molecular weight excluding hydrogens is 206 g/mol. The van der Waals surface area contributed by atoms with E-state index in [9.17, 15) is 0 Å². The van der Waals surface area contributed by atoms with E-state index in [1.165, 1.54) is 12.7 Å². The van der Waals surface area contributed by atoms with Crippen molar-refractivity contribution in [3.63, 3.8) is 0 Å². The van der Waals surface area contributed by atoms with E-state index in [4.69, 9.17) is 9.47 Å². The highest BCUT2D eigenvalue weighted by atomic mass is 16.7. The van der Waals surface area contributed by atoms with Crippen LogP contribution < -0.4 is 9.47 Å². The van der Waals surface area contributed by atoms with Crippen molar-refractivity contribution in [1.82, 2.24) is 15.0 Å². The molecule has 0 amide bonds. The lowest BCUT2D eigenvalue weighted by molar-refractivity contribution is 0.174. The van der Waals surface area contributed by atoms with Gasteiger partial charge in [0.1, 0.15) is 12.7 Å². The summed E-state index contributed by atoms with van der Waals surface area (Å²) in [6, 6.07) is 3.83. The molecule has 0 bridgehead atoms. The van der Waals surface area contributed by atoms with Crippen LogP contribution in [-0.2, 0) is 0 Å². The molecule has 1 aliphatic heterocycles. The van der Waals surface area contributed by atoms with Crippen molar-refractivity contribution in [2.45, 2.75) is 6.92 Å². The fraction of sp³-hybridized carbons (Fsp3) is 0.182. The first-order chi connectivity index (χ1) is 7.84. The van der Waals surface area contributed by atoms with E-state index in [0.717, 1.165) is 22.6 Å². The van der Waals surface area contributed by atoms with E-state index in [1.54, 1.807) is 0 Å². The minimum Gasteiger partial charge on any atom is -0.454 e. The number of ether oxygens (including phenoxy) is 2. The number of aromatic nitrogens is 3. The van der Waals surface area contributed by atoms with Gasteiger partial charge in [-0.2, -0.15) is 0 Å². The highest BCUT2D eigenvalue weighted by Crippen LogP contribution is 2.37. The zero-order chi connectivity index (χ0) is 11.0. The summed E-state index contributed by atoms with van der Waals surface area (Å²) in [6.45, 7) is 2.26. The molecule has 1 aliphatic rings. The first kappa shape index (κ1) is 9.08. The molecule has 5 nitrogen and oxygen atoms in total. The SMILES string of the molecule is Cc1cc2c(cc1-c1ncncn1)OCO2. The molecule has 1 aromatic heterocycles. The van der Waals surface area contributed by atoms with Crippen molar-refractivity contribution in [2.24, 2.45) is 0 Å². The van der Waals surface area contributed by atoms with Gasteiger partial charge in [0, 0.05) is 5.56 Å². The minimum absolute atomic E-state index is 0.273. The fourth-order valence-corrected chi connectivity index (χ4v) is 1.66. The normalized spacial score (nSPS) is 12.8. The van der Waals surface area contributed by atoms with Gasteiger partial charge in [0.05, 0.1) is 0 Å². The molecule has 0 spiro atoms. The van der Waals surface area contributed by atoms with Gasteiger partial charge in [-0.25, -0.2) is 15.0 Å². The first-order valence-corrected chi connectivity index (χ1v) is 4.87. The highest BCUT2D eigenvalue weighted by Gasteiger charge is 2.17. The monoisotopic (exact) mass is 215 g/mol. The summed E-state index contributed by atoms with van der Waals surface area (Å²) in [5, 5.41) is 0. The van der Waals surface area contributed by atoms with E-state index >= 15 is 0 Å². The van der Waals surface area contributed by atoms with Gasteiger partial charge in [0.25, 0.3) is 0 Å². The Morgan fingerprint density at radius 1 is 1.06 bits per heavy atom. The smallest absolute Gasteiger partial charge is 0.231 e. The number of hydrogen-bond donors (Lipinski definition) is 0. The molecule has 80 valence electrons. The average Bonchev–Trinajstić information content (AvgIpc) is 2.76. The molecule has 0 aliphatic carbocycles. The Labute approximate surface area is 92.1 Å². The van der Waals surface area contributed by atoms with Crippen LogP contribution in [0.15, 0.2) is 24.8 Å². The third kappa shape index (κ3) is 1.37. The molecule has 16 heavy (non-hydrogen) atoms. The van der Waals surface area contributed by atoms with Gasteiger partial charge in [-0.1, -0.05) is 0 Å². The number of fused-ring (bicyclic) bond motifs is 1. The second-order valence-electron chi connectivity index (χ2n) is 3.48. The molecular formula is C11H9N3O2. The zero-order valence-electron chi connectivity index (χ0n) is 8.67. The van der Waals surface area contributed by atoms with Gasteiger partial charge in [-0.05, 0) is 24.6 Å². The van der Waals surface area contributed by atoms with Gasteiger partial charge in [0.2, 0.25) is 6.79 Å². The minimum atomic E-state index is 0.273. The molecule has 0 atom stereocenters. The summed E-state index contributed by atoms with van der Waals surface area (Å²) in [4.78, 5) is 12.0. The van der Waals surface area contributed by atoms with Crippen LogP contribution in [0.25, 0.3) is 11.4 Å². The molecule has 2 heterocycles. The maximum atomic E-state index is 5.32. The van der Waals surface area contributed by atoms with Gasteiger partial charge >= 0.3 is 0 Å². The van der Waals surface area contributed by atoms with Crippen LogP contribution in [0.4, 0.5) is 0 Å². The van der Waals surface area contributed by atoms with Crippen molar-refractivity contribution < 1.29 is 9.47 Å². The Bertz CT molecular complexity index is 528. The van der Waals surface area contributed by atoms with Gasteiger partial charge in [-0.15, -0.1) is 0 Å². The average molecular weight is 215 g/mol. The third-order valence-corrected chi connectivity index (χ3v) is 2.45. The van der Waals surface area contributed by atoms with E-state index in [1.807, 2.05) is 19.1 Å². The molecule has 3 rings (SSSR count). The van der Waals surface area contributed by atoms with E-state index in [0.29, 0.717) is 5.82 Å². The number of aryl methyl sites for hydroxylation is 1. The predicted molar refractivity (Wildman–Crippen MR) is 56.1 cm³/mol. The Hall–Kier alpha value is -2.17. The molecule has 2 aromatic rings. The van der Waals surface area contributed by atoms with Crippen molar-refractivity contribution >= 4 is 0 Å². The summed E-state index contributed by atoms with van der Waals surface area (Å²) in [5.74, 6) is 2.15. The standard InChI is InChI=1S/C11H9N3O2/c1-7-2-9-10(16-6-15-9)3-8(7)11-13-4-12-5-14-11/h2-5H,6H2,1H3. The van der Waals surface area contributed by atoms with Crippen LogP contribution in [0.2, 0.25) is 0 Å². The summed E-state index contributed by atoms with van der Waals surface area (Å²) < 4.78 is 10.6. The number of nitrogens with zero attached hydrogens (tertiary/aromatic N) is 3. The lowest BCUT2D eigenvalue weighted by Gasteiger charge is -2.05. The number of hydrogen-bond acceptors (Lipinski definition) is 5. The molecule has 0 unspecified atom stereocenters. The Balaban J connectivity index is 2.15. The molecule has 0 N–H and O–H groups in total. The van der Waals surface area contributed by atoms with Gasteiger partial charge < -0.3 is 9.47 Å². The lowest BCUT2D eigenvalue weighted by Crippen LogP contribution is -1.93. The highest BCUT2D eigenvalue weighted by molar-refractivity contribution is 5.65. The van der Waals surface area contributed by atoms with Crippen LogP contribution in [0, 0.1) is 6.92 Å². The van der Waals surface area contributed by atoms with Crippen LogP contribution in [0.1, 0.15) is 5.56 Å². The molecule has 0 radical (unpaired) electrons. The number of rotatable bonds is 1. The Morgan fingerprint density at radius 3 is 2.50 bits per heavy atom. The van der Waals surface area contributed by atoms with Crippen molar-refractivity contribution in [2.75, 3.05) is 6.79 Å². The van der Waals surface area contributed by atoms with Crippen molar-refractivity contribution in [3.8, 4) is 22.9 Å². The molecule has 0 saturated heterocycles. The lowest BCUT2D eigenvalue weighted by atomic mass is 10.1. The van der Waals surface area contributed by atoms with E-state index in [-0.39, 0.29) is 6.79 Å². The molecule has 0 fully saturated rings. The third-order valence-electron chi connectivity index (χ3n) is 2.45. The molecule has 1 aromatic carbocycles. The van der Waals surface area contributed by atoms with Crippen LogP contribution >= 0.6 is 0 Å². The maximum Gasteiger partial charge on any atom is 0.231 e. The summed E-state index contributed by atoms with van der Waals surface area (Å²) in [7, 11) is 0. The van der Waals surface area contributed by atoms with E-state index in [2.05, 4.69) is 15.0 Å². The molecule has 5 heteroatoms. The molecule has 0 saturated carbocycles. The second-order valence-corrected chi connectivity index (χ2v) is 3.48. The topological polar surface area (TPSA) is 57.1 Å². The Kier molecular flexibility index (Phi) is 1.96. The van der Waals surface area contributed by atoms with Crippen LogP contribution in [0.5, 0.6) is 11.5 Å². The van der Waals surface area contributed by atoms with Crippen molar-refractivity contribution in [1.29, 1.82) is 0 Å².